The maximum absolute atomic E-state index is 10.5. The monoisotopic (exact) mass is 174 g/mol. The highest BCUT2D eigenvalue weighted by Gasteiger charge is 2.37. The van der Waals surface area contributed by atoms with E-state index >= 15 is 0 Å². The summed E-state index contributed by atoms with van der Waals surface area (Å²) in [7, 11) is 0. The zero-order valence-electron chi connectivity index (χ0n) is 7.86. The Morgan fingerprint density at radius 2 is 2.08 bits per heavy atom. The molecule has 1 aromatic rings. The van der Waals surface area contributed by atoms with Crippen LogP contribution in [0.25, 0.3) is 0 Å². The zero-order chi connectivity index (χ0) is 9.26. The summed E-state index contributed by atoms with van der Waals surface area (Å²) in [4.78, 5) is 10.5. The molecule has 1 nitrogen and oxygen atoms in total. The third-order valence-electron chi connectivity index (χ3n) is 2.83. The normalized spacial score (nSPS) is 25.6. The molecule has 1 aliphatic carbocycles. The van der Waals surface area contributed by atoms with Crippen molar-refractivity contribution >= 4 is 6.29 Å². The minimum atomic E-state index is 0.299. The second kappa shape index (κ2) is 3.33. The van der Waals surface area contributed by atoms with Gasteiger partial charge in [-0.3, -0.25) is 0 Å². The van der Waals surface area contributed by atoms with E-state index in [2.05, 4.69) is 31.2 Å². The number of benzene rings is 1. The molecule has 2 rings (SSSR count). The van der Waals surface area contributed by atoms with E-state index in [1.54, 1.807) is 0 Å². The van der Waals surface area contributed by atoms with Gasteiger partial charge in [0.25, 0.3) is 0 Å². The van der Waals surface area contributed by atoms with Crippen LogP contribution in [-0.4, -0.2) is 6.29 Å². The Labute approximate surface area is 78.8 Å². The van der Waals surface area contributed by atoms with Crippen molar-refractivity contribution in [2.45, 2.75) is 25.7 Å². The minimum absolute atomic E-state index is 0.299. The Hall–Kier alpha value is -1.11. The Bertz CT molecular complexity index is 299. The fourth-order valence-corrected chi connectivity index (χ4v) is 1.75. The first-order valence-corrected chi connectivity index (χ1v) is 4.89. The average molecular weight is 174 g/mol. The third kappa shape index (κ3) is 1.64. The molecular weight excluding hydrogens is 160 g/mol. The van der Waals surface area contributed by atoms with Crippen LogP contribution in [0.5, 0.6) is 0 Å². The van der Waals surface area contributed by atoms with E-state index in [4.69, 9.17) is 0 Å². The van der Waals surface area contributed by atoms with Crippen LogP contribution < -0.4 is 0 Å². The molecule has 2 unspecified atom stereocenters. The van der Waals surface area contributed by atoms with Gasteiger partial charge in [-0.25, -0.2) is 0 Å². The van der Waals surface area contributed by atoms with Crippen molar-refractivity contribution in [2.24, 2.45) is 5.92 Å². The highest BCUT2D eigenvalue weighted by molar-refractivity contribution is 5.61. The molecule has 0 heterocycles. The molecule has 1 aromatic carbocycles. The van der Waals surface area contributed by atoms with E-state index in [-0.39, 0.29) is 0 Å². The van der Waals surface area contributed by atoms with Crippen LogP contribution in [0, 0.1) is 5.92 Å². The SMILES string of the molecule is CCc1ccc(C2CC2C=O)cc1. The highest BCUT2D eigenvalue weighted by Crippen LogP contribution is 2.45. The van der Waals surface area contributed by atoms with E-state index in [1.165, 1.54) is 11.1 Å². The average Bonchev–Trinajstić information content (AvgIpc) is 2.97. The lowest BCUT2D eigenvalue weighted by Gasteiger charge is -1.99. The topological polar surface area (TPSA) is 17.1 Å². The molecule has 0 aliphatic heterocycles. The molecule has 1 saturated carbocycles. The molecule has 2 atom stereocenters. The summed E-state index contributed by atoms with van der Waals surface area (Å²) in [6.07, 6.45) is 3.22. The van der Waals surface area contributed by atoms with Gasteiger partial charge in [-0.2, -0.15) is 0 Å². The van der Waals surface area contributed by atoms with Crippen LogP contribution >= 0.6 is 0 Å². The van der Waals surface area contributed by atoms with E-state index in [9.17, 15) is 4.79 Å². The maximum Gasteiger partial charge on any atom is 0.123 e. The molecule has 0 N–H and O–H groups in total. The van der Waals surface area contributed by atoms with Gasteiger partial charge in [-0.1, -0.05) is 31.2 Å². The second-order valence-corrected chi connectivity index (χ2v) is 3.74. The van der Waals surface area contributed by atoms with Crippen LogP contribution in [0.15, 0.2) is 24.3 Å². The summed E-state index contributed by atoms with van der Waals surface area (Å²) in [5, 5.41) is 0. The number of rotatable bonds is 3. The van der Waals surface area contributed by atoms with E-state index < -0.39 is 0 Å². The van der Waals surface area contributed by atoms with Crippen molar-refractivity contribution in [3.05, 3.63) is 35.4 Å². The smallest absolute Gasteiger partial charge is 0.123 e. The molecule has 0 aromatic heterocycles. The first-order valence-electron chi connectivity index (χ1n) is 4.89. The molecule has 1 aliphatic rings. The van der Waals surface area contributed by atoms with E-state index in [0.29, 0.717) is 11.8 Å². The molecule has 0 spiro atoms. The van der Waals surface area contributed by atoms with Crippen molar-refractivity contribution in [2.75, 3.05) is 0 Å². The maximum atomic E-state index is 10.5. The highest BCUT2D eigenvalue weighted by atomic mass is 16.1. The molecule has 0 bridgehead atoms. The van der Waals surface area contributed by atoms with Crippen molar-refractivity contribution in [1.82, 2.24) is 0 Å². The van der Waals surface area contributed by atoms with Crippen molar-refractivity contribution < 1.29 is 4.79 Å². The molecular formula is C12H14O. The summed E-state index contributed by atoms with van der Waals surface area (Å²) in [5.41, 5.74) is 2.70. The van der Waals surface area contributed by atoms with Crippen LogP contribution in [0.3, 0.4) is 0 Å². The molecule has 0 amide bonds. The summed E-state index contributed by atoms with van der Waals surface area (Å²) in [6, 6.07) is 8.64. The Kier molecular flexibility index (Phi) is 2.17. The standard InChI is InChI=1S/C12H14O/c1-2-9-3-5-10(6-4-9)12-7-11(12)8-13/h3-6,8,11-12H,2,7H2,1H3. The van der Waals surface area contributed by atoms with Gasteiger partial charge in [0.2, 0.25) is 0 Å². The van der Waals surface area contributed by atoms with Crippen molar-refractivity contribution in [3.63, 3.8) is 0 Å². The summed E-state index contributed by atoms with van der Waals surface area (Å²) in [5.74, 6) is 0.816. The van der Waals surface area contributed by atoms with Crippen LogP contribution in [-0.2, 0) is 11.2 Å². The van der Waals surface area contributed by atoms with Gasteiger partial charge in [0.15, 0.2) is 0 Å². The summed E-state index contributed by atoms with van der Waals surface area (Å²) < 4.78 is 0. The zero-order valence-corrected chi connectivity index (χ0v) is 7.86. The number of hydrogen-bond acceptors (Lipinski definition) is 1. The van der Waals surface area contributed by atoms with Crippen molar-refractivity contribution in [1.29, 1.82) is 0 Å². The van der Waals surface area contributed by atoms with Gasteiger partial charge in [-0.05, 0) is 29.9 Å². The lowest BCUT2D eigenvalue weighted by Crippen LogP contribution is -1.85. The van der Waals surface area contributed by atoms with E-state index in [0.717, 1.165) is 19.1 Å². The Morgan fingerprint density at radius 1 is 1.38 bits per heavy atom. The lowest BCUT2D eigenvalue weighted by molar-refractivity contribution is -0.108. The first-order chi connectivity index (χ1) is 6.35. The van der Waals surface area contributed by atoms with Gasteiger partial charge in [0.1, 0.15) is 6.29 Å². The van der Waals surface area contributed by atoms with Gasteiger partial charge in [0.05, 0.1) is 0 Å². The van der Waals surface area contributed by atoms with Crippen LogP contribution in [0.1, 0.15) is 30.4 Å². The molecule has 1 heteroatoms. The second-order valence-electron chi connectivity index (χ2n) is 3.74. The van der Waals surface area contributed by atoms with Crippen LogP contribution in [0.4, 0.5) is 0 Å². The first kappa shape index (κ1) is 8.49. The lowest BCUT2D eigenvalue weighted by atomic mass is 10.1. The number of hydrogen-bond donors (Lipinski definition) is 0. The van der Waals surface area contributed by atoms with Gasteiger partial charge in [-0.15, -0.1) is 0 Å². The van der Waals surface area contributed by atoms with Crippen molar-refractivity contribution in [3.8, 4) is 0 Å². The molecule has 0 saturated heterocycles. The van der Waals surface area contributed by atoms with Gasteiger partial charge in [0, 0.05) is 5.92 Å². The van der Waals surface area contributed by atoms with Gasteiger partial charge >= 0.3 is 0 Å². The fourth-order valence-electron chi connectivity index (χ4n) is 1.75. The van der Waals surface area contributed by atoms with Crippen LogP contribution in [0.2, 0.25) is 0 Å². The minimum Gasteiger partial charge on any atom is -0.303 e. The predicted octanol–water partition coefficient (Wildman–Crippen LogP) is 2.55. The third-order valence-corrected chi connectivity index (χ3v) is 2.83. The quantitative estimate of drug-likeness (QED) is 0.643. The molecule has 0 radical (unpaired) electrons. The Morgan fingerprint density at radius 3 is 2.54 bits per heavy atom. The van der Waals surface area contributed by atoms with Gasteiger partial charge < -0.3 is 4.79 Å². The summed E-state index contributed by atoms with van der Waals surface area (Å²) >= 11 is 0. The Balaban J connectivity index is 2.11. The number of aryl methyl sites for hydroxylation is 1. The number of carbonyl (C=O) groups excluding carboxylic acids is 1. The predicted molar refractivity (Wildman–Crippen MR) is 52.7 cm³/mol. The summed E-state index contributed by atoms with van der Waals surface area (Å²) in [6.45, 7) is 2.15. The molecule has 13 heavy (non-hydrogen) atoms. The van der Waals surface area contributed by atoms with E-state index in [1.807, 2.05) is 0 Å². The fraction of sp³-hybridized carbons (Fsp3) is 0.417. The largest absolute Gasteiger partial charge is 0.303 e. The number of carbonyl (C=O) groups is 1. The molecule has 1 fully saturated rings. The molecule has 68 valence electrons. The number of aldehydes is 1.